The maximum absolute atomic E-state index is 12.6. The molecule has 122 valence electrons. The topological polar surface area (TPSA) is 78.2 Å². The number of piperazine rings is 1. The molecule has 0 aliphatic carbocycles. The van der Waals surface area contributed by atoms with Crippen molar-refractivity contribution >= 4 is 5.91 Å². The highest BCUT2D eigenvalue weighted by Crippen LogP contribution is 2.22. The van der Waals surface area contributed by atoms with Crippen molar-refractivity contribution in [3.05, 3.63) is 59.4 Å². The van der Waals surface area contributed by atoms with Gasteiger partial charge in [0.25, 0.3) is 5.91 Å². The lowest BCUT2D eigenvalue weighted by molar-refractivity contribution is 0.0702. The Labute approximate surface area is 140 Å². The molecule has 6 nitrogen and oxygen atoms in total. The van der Waals surface area contributed by atoms with Gasteiger partial charge in [0.1, 0.15) is 17.5 Å². The van der Waals surface area contributed by atoms with Gasteiger partial charge in [0.05, 0.1) is 18.7 Å². The largest absolute Gasteiger partial charge is 0.497 e. The molecular weight excluding hydrogens is 304 g/mol. The van der Waals surface area contributed by atoms with E-state index in [9.17, 15) is 4.79 Å². The maximum Gasteiger partial charge on any atom is 0.255 e. The fourth-order valence-electron chi connectivity index (χ4n) is 2.79. The molecule has 0 spiro atoms. The number of hydrogen-bond acceptors (Lipinski definition) is 5. The Morgan fingerprint density at radius 2 is 2.29 bits per heavy atom. The third-order valence-corrected chi connectivity index (χ3v) is 4.08. The molecule has 3 rings (SSSR count). The van der Waals surface area contributed by atoms with Gasteiger partial charge >= 0.3 is 0 Å². The molecule has 24 heavy (non-hydrogen) atoms. The first-order valence-corrected chi connectivity index (χ1v) is 7.74. The fraction of sp³-hybridized carbons (Fsp3) is 0.278. The predicted molar refractivity (Wildman–Crippen MR) is 88.6 cm³/mol. The van der Waals surface area contributed by atoms with Gasteiger partial charge in [-0.15, -0.1) is 0 Å². The second kappa shape index (κ2) is 7.11. The molecule has 2 aromatic rings. The summed E-state index contributed by atoms with van der Waals surface area (Å²) in [5.74, 6) is 0.732. The van der Waals surface area contributed by atoms with E-state index in [2.05, 4.69) is 10.3 Å². The monoisotopic (exact) mass is 322 g/mol. The molecule has 1 aromatic carbocycles. The van der Waals surface area contributed by atoms with Gasteiger partial charge in [0, 0.05) is 25.8 Å². The third kappa shape index (κ3) is 3.36. The molecular formula is C18H18N4O2. The Balaban J connectivity index is 1.74. The highest BCUT2D eigenvalue weighted by Gasteiger charge is 2.25. The number of amides is 1. The van der Waals surface area contributed by atoms with Gasteiger partial charge in [-0.1, -0.05) is 12.1 Å². The van der Waals surface area contributed by atoms with Gasteiger partial charge in [-0.25, -0.2) is 4.98 Å². The van der Waals surface area contributed by atoms with Gasteiger partial charge in [0.2, 0.25) is 0 Å². The summed E-state index contributed by atoms with van der Waals surface area (Å²) in [6.45, 7) is 1.93. The average molecular weight is 322 g/mol. The fourth-order valence-corrected chi connectivity index (χ4v) is 2.79. The summed E-state index contributed by atoms with van der Waals surface area (Å²) in [5, 5.41) is 12.2. The number of rotatable bonds is 3. The number of carbonyl (C=O) groups excluding carboxylic acids is 1. The van der Waals surface area contributed by atoms with Gasteiger partial charge in [-0.2, -0.15) is 5.26 Å². The molecule has 1 unspecified atom stereocenters. The van der Waals surface area contributed by atoms with Crippen LogP contribution in [-0.2, 0) is 0 Å². The summed E-state index contributed by atoms with van der Waals surface area (Å²) >= 11 is 0. The molecule has 0 radical (unpaired) electrons. The number of aromatic nitrogens is 1. The van der Waals surface area contributed by atoms with E-state index in [0.717, 1.165) is 17.9 Å². The van der Waals surface area contributed by atoms with Crippen LogP contribution in [0, 0.1) is 11.3 Å². The smallest absolute Gasteiger partial charge is 0.255 e. The zero-order valence-corrected chi connectivity index (χ0v) is 13.4. The Kier molecular flexibility index (Phi) is 4.73. The van der Waals surface area contributed by atoms with Crippen molar-refractivity contribution in [3.8, 4) is 11.8 Å². The number of hydrogen-bond donors (Lipinski definition) is 1. The third-order valence-electron chi connectivity index (χ3n) is 4.08. The van der Waals surface area contributed by atoms with Crippen LogP contribution in [0.2, 0.25) is 0 Å². The first-order chi connectivity index (χ1) is 11.7. The molecule has 1 atom stereocenters. The van der Waals surface area contributed by atoms with Crippen molar-refractivity contribution in [2.45, 2.75) is 6.04 Å². The first-order valence-electron chi connectivity index (χ1n) is 7.74. The number of ether oxygens (including phenoxy) is 1. The molecule has 1 saturated heterocycles. The van der Waals surface area contributed by atoms with E-state index in [-0.39, 0.29) is 11.9 Å². The summed E-state index contributed by atoms with van der Waals surface area (Å²) < 4.78 is 5.27. The van der Waals surface area contributed by atoms with Crippen LogP contribution in [0.15, 0.2) is 42.6 Å². The van der Waals surface area contributed by atoms with Gasteiger partial charge in [-0.3, -0.25) is 4.79 Å². The summed E-state index contributed by atoms with van der Waals surface area (Å²) in [7, 11) is 1.64. The van der Waals surface area contributed by atoms with Crippen LogP contribution in [0.1, 0.15) is 27.7 Å². The van der Waals surface area contributed by atoms with Crippen molar-refractivity contribution in [1.29, 1.82) is 5.26 Å². The number of benzene rings is 1. The SMILES string of the molecule is COc1cccc(C2CN(C(=O)c3ccc(C#N)nc3)CCN2)c1. The van der Waals surface area contributed by atoms with Crippen molar-refractivity contribution in [2.75, 3.05) is 26.7 Å². The van der Waals surface area contributed by atoms with Crippen molar-refractivity contribution in [3.63, 3.8) is 0 Å². The Morgan fingerprint density at radius 1 is 1.42 bits per heavy atom. The lowest BCUT2D eigenvalue weighted by Gasteiger charge is -2.34. The number of nitrogens with one attached hydrogen (secondary N) is 1. The lowest BCUT2D eigenvalue weighted by Crippen LogP contribution is -2.48. The Bertz CT molecular complexity index is 767. The molecule has 1 aliphatic heterocycles. The molecule has 1 N–H and O–H groups in total. The van der Waals surface area contributed by atoms with E-state index in [0.29, 0.717) is 24.3 Å². The number of nitriles is 1. The van der Waals surface area contributed by atoms with E-state index >= 15 is 0 Å². The van der Waals surface area contributed by atoms with Crippen molar-refractivity contribution in [2.24, 2.45) is 0 Å². The van der Waals surface area contributed by atoms with E-state index < -0.39 is 0 Å². The second-order valence-electron chi connectivity index (χ2n) is 5.58. The summed E-state index contributed by atoms with van der Waals surface area (Å²) in [4.78, 5) is 18.4. The molecule has 1 aromatic heterocycles. The number of carbonyl (C=O) groups is 1. The summed E-state index contributed by atoms with van der Waals surface area (Å²) in [6, 6.07) is 13.1. The number of nitrogens with zero attached hydrogens (tertiary/aromatic N) is 3. The van der Waals surface area contributed by atoms with E-state index in [1.807, 2.05) is 35.2 Å². The van der Waals surface area contributed by atoms with Crippen molar-refractivity contribution < 1.29 is 9.53 Å². The molecule has 0 bridgehead atoms. The van der Waals surface area contributed by atoms with E-state index in [1.165, 1.54) is 6.20 Å². The quantitative estimate of drug-likeness (QED) is 0.931. The van der Waals surface area contributed by atoms with Gasteiger partial charge in [0.15, 0.2) is 0 Å². The normalized spacial score (nSPS) is 17.2. The Hall–Kier alpha value is -2.91. The minimum atomic E-state index is -0.0682. The minimum Gasteiger partial charge on any atom is -0.497 e. The molecule has 0 saturated carbocycles. The summed E-state index contributed by atoms with van der Waals surface area (Å²) in [5.41, 5.74) is 1.89. The zero-order valence-electron chi connectivity index (χ0n) is 13.4. The van der Waals surface area contributed by atoms with Crippen LogP contribution in [0.5, 0.6) is 5.75 Å². The van der Waals surface area contributed by atoms with Gasteiger partial charge < -0.3 is 15.0 Å². The van der Waals surface area contributed by atoms with Crippen LogP contribution in [-0.4, -0.2) is 42.5 Å². The van der Waals surface area contributed by atoms with Crippen LogP contribution < -0.4 is 10.1 Å². The molecule has 6 heteroatoms. The van der Waals surface area contributed by atoms with E-state index in [1.54, 1.807) is 19.2 Å². The van der Waals surface area contributed by atoms with Gasteiger partial charge in [-0.05, 0) is 29.8 Å². The summed E-state index contributed by atoms with van der Waals surface area (Å²) in [6.07, 6.45) is 1.46. The highest BCUT2D eigenvalue weighted by molar-refractivity contribution is 5.94. The molecule has 1 aliphatic rings. The minimum absolute atomic E-state index is 0.0594. The van der Waals surface area contributed by atoms with Crippen molar-refractivity contribution in [1.82, 2.24) is 15.2 Å². The maximum atomic E-state index is 12.6. The molecule has 1 amide bonds. The average Bonchev–Trinajstić information content (AvgIpc) is 2.67. The first kappa shape index (κ1) is 16.0. The predicted octanol–water partition coefficient (Wildman–Crippen LogP) is 1.75. The Morgan fingerprint density at radius 3 is 3.00 bits per heavy atom. The number of methoxy groups -OCH3 is 1. The van der Waals surface area contributed by atoms with Crippen LogP contribution in [0.4, 0.5) is 0 Å². The van der Waals surface area contributed by atoms with Crippen LogP contribution in [0.3, 0.4) is 0 Å². The van der Waals surface area contributed by atoms with Crippen LogP contribution >= 0.6 is 0 Å². The standard InChI is InChI=1S/C18H18N4O2/c1-24-16-4-2-3-13(9-16)17-12-22(8-7-20-17)18(23)14-5-6-15(10-19)21-11-14/h2-6,9,11,17,20H,7-8,12H2,1H3. The number of pyridine rings is 1. The lowest BCUT2D eigenvalue weighted by atomic mass is 10.0. The highest BCUT2D eigenvalue weighted by atomic mass is 16.5. The zero-order chi connectivity index (χ0) is 16.9. The second-order valence-corrected chi connectivity index (χ2v) is 5.58. The van der Waals surface area contributed by atoms with Crippen LogP contribution in [0.25, 0.3) is 0 Å². The van der Waals surface area contributed by atoms with E-state index in [4.69, 9.17) is 10.00 Å². The molecule has 2 heterocycles. The molecule has 1 fully saturated rings.